The zero-order valence-corrected chi connectivity index (χ0v) is 29.0. The van der Waals surface area contributed by atoms with E-state index in [-0.39, 0.29) is 57.8 Å². The van der Waals surface area contributed by atoms with E-state index < -0.39 is 53.3 Å². The molecule has 2 aromatic carbocycles. The minimum atomic E-state index is -1.11. The average Bonchev–Trinajstić information content (AvgIpc) is 3.42. The summed E-state index contributed by atoms with van der Waals surface area (Å²) >= 11 is 0. The third kappa shape index (κ3) is 13.3. The number of hydrogen-bond acceptors (Lipinski definition) is 12. The first-order chi connectivity index (χ1) is 24.2. The third-order valence-electron chi connectivity index (χ3n) is 7.17. The van der Waals surface area contributed by atoms with Gasteiger partial charge in [-0.2, -0.15) is 10.2 Å². The molecule has 0 saturated carbocycles. The Hall–Kier alpha value is -5.71. The molecule has 0 radical (unpaired) electrons. The number of nitrogens with zero attached hydrogens (tertiary/aromatic N) is 3. The molecule has 3 rings (SSSR count). The molecule has 274 valence electrons. The van der Waals surface area contributed by atoms with Gasteiger partial charge in [0, 0.05) is 23.7 Å². The SMILES string of the molecule is CCOC(=O)[C@@H]1C[C@@H](CCCC(=O)NCC(=O)NCC(=O)Nc2ccc(N=Nc3ccc(NC(=O)CN)cc3)cc2)C(=O)N1C(=O)OC(C)(C)C. The Kier molecular flexibility index (Phi) is 14.7. The van der Waals surface area contributed by atoms with E-state index in [9.17, 15) is 33.6 Å². The van der Waals surface area contributed by atoms with Crippen LogP contribution in [-0.4, -0.2) is 84.4 Å². The summed E-state index contributed by atoms with van der Waals surface area (Å²) < 4.78 is 10.4. The molecule has 6 amide bonds. The predicted molar refractivity (Wildman–Crippen MR) is 185 cm³/mol. The molecule has 6 N–H and O–H groups in total. The summed E-state index contributed by atoms with van der Waals surface area (Å²) in [5.41, 5.74) is 6.53. The lowest BCUT2D eigenvalue weighted by Gasteiger charge is -2.26. The van der Waals surface area contributed by atoms with E-state index in [1.54, 1.807) is 76.2 Å². The Labute approximate surface area is 295 Å². The van der Waals surface area contributed by atoms with Gasteiger partial charge in [0.1, 0.15) is 11.6 Å². The molecule has 2 aromatic rings. The lowest BCUT2D eigenvalue weighted by atomic mass is 9.98. The number of azo groups is 1. The van der Waals surface area contributed by atoms with E-state index in [0.29, 0.717) is 22.7 Å². The number of imide groups is 1. The smallest absolute Gasteiger partial charge is 0.417 e. The number of amides is 6. The van der Waals surface area contributed by atoms with Crippen molar-refractivity contribution in [3.05, 3.63) is 48.5 Å². The highest BCUT2D eigenvalue weighted by molar-refractivity contribution is 6.01. The van der Waals surface area contributed by atoms with Crippen molar-refractivity contribution < 1.29 is 43.0 Å². The van der Waals surface area contributed by atoms with Crippen molar-refractivity contribution >= 4 is 64.3 Å². The van der Waals surface area contributed by atoms with Crippen molar-refractivity contribution in [2.24, 2.45) is 21.9 Å². The van der Waals surface area contributed by atoms with Gasteiger partial charge in [-0.25, -0.2) is 14.5 Å². The molecular weight excluding hydrogens is 664 g/mol. The number of esters is 1. The molecule has 2 atom stereocenters. The molecule has 17 heteroatoms. The minimum Gasteiger partial charge on any atom is -0.464 e. The fourth-order valence-electron chi connectivity index (χ4n) is 4.81. The molecule has 0 aromatic heterocycles. The summed E-state index contributed by atoms with van der Waals surface area (Å²) in [6, 6.07) is 12.1. The van der Waals surface area contributed by atoms with Gasteiger partial charge in [-0.15, -0.1) is 0 Å². The van der Waals surface area contributed by atoms with E-state index in [1.165, 1.54) is 0 Å². The highest BCUT2D eigenvalue weighted by Crippen LogP contribution is 2.31. The Balaban J connectivity index is 1.36. The van der Waals surface area contributed by atoms with Crippen LogP contribution in [0.25, 0.3) is 0 Å². The second-order valence-electron chi connectivity index (χ2n) is 12.4. The third-order valence-corrected chi connectivity index (χ3v) is 7.17. The van der Waals surface area contributed by atoms with Crippen molar-refractivity contribution in [1.29, 1.82) is 0 Å². The lowest BCUT2D eigenvalue weighted by Crippen LogP contribution is -2.46. The minimum absolute atomic E-state index is 0.00915. The molecule has 0 bridgehead atoms. The summed E-state index contributed by atoms with van der Waals surface area (Å²) in [6.45, 7) is 5.81. The molecule has 17 nitrogen and oxygen atoms in total. The van der Waals surface area contributed by atoms with Crippen LogP contribution in [0.5, 0.6) is 0 Å². The fraction of sp³-hybridized carbons (Fsp3) is 0.441. The summed E-state index contributed by atoms with van der Waals surface area (Å²) in [7, 11) is 0. The molecule has 1 aliphatic rings. The average molecular weight is 709 g/mol. The lowest BCUT2D eigenvalue weighted by molar-refractivity contribution is -0.151. The molecule has 0 spiro atoms. The summed E-state index contributed by atoms with van der Waals surface area (Å²) in [4.78, 5) is 87.2. The Morgan fingerprint density at radius 3 is 1.88 bits per heavy atom. The number of ether oxygens (including phenoxy) is 2. The largest absolute Gasteiger partial charge is 0.464 e. The molecule has 0 unspecified atom stereocenters. The standard InChI is InChI=1S/C34H44N8O9/c1-5-50-32(48)26-17-21(31(47)42(26)33(49)51-34(2,3)4)7-6-8-27(43)36-19-29(45)37-20-30(46)39-23-11-15-25(16-12-23)41-40-24-13-9-22(10-14-24)38-28(44)18-35/h9-16,21,26H,5-8,17-20,35H2,1-4H3,(H,36,43)(H,37,45)(H,38,44)(H,39,46)/t21-,26+/m1/s1. The van der Waals surface area contributed by atoms with Crippen LogP contribution in [0.15, 0.2) is 58.8 Å². The molecule has 51 heavy (non-hydrogen) atoms. The van der Waals surface area contributed by atoms with Crippen LogP contribution in [-0.2, 0) is 38.2 Å². The van der Waals surface area contributed by atoms with Gasteiger partial charge < -0.3 is 36.5 Å². The van der Waals surface area contributed by atoms with Crippen LogP contribution in [0.1, 0.15) is 53.4 Å². The molecule has 1 saturated heterocycles. The molecular formula is C34H44N8O9. The van der Waals surface area contributed by atoms with Crippen molar-refractivity contribution in [2.45, 2.75) is 65.0 Å². The van der Waals surface area contributed by atoms with Gasteiger partial charge in [-0.1, -0.05) is 0 Å². The highest BCUT2D eigenvalue weighted by Gasteiger charge is 2.48. The topological polar surface area (TPSA) is 240 Å². The van der Waals surface area contributed by atoms with E-state index in [4.69, 9.17) is 15.2 Å². The molecule has 1 heterocycles. The van der Waals surface area contributed by atoms with Crippen LogP contribution in [0.4, 0.5) is 27.5 Å². The Morgan fingerprint density at radius 1 is 0.824 bits per heavy atom. The van der Waals surface area contributed by atoms with Crippen LogP contribution in [0.3, 0.4) is 0 Å². The second-order valence-corrected chi connectivity index (χ2v) is 12.4. The van der Waals surface area contributed by atoms with E-state index in [0.717, 1.165) is 4.90 Å². The van der Waals surface area contributed by atoms with Crippen LogP contribution < -0.4 is 27.0 Å². The van der Waals surface area contributed by atoms with Crippen molar-refractivity contribution in [3.8, 4) is 0 Å². The number of rotatable bonds is 15. The molecule has 1 aliphatic heterocycles. The predicted octanol–water partition coefficient (Wildman–Crippen LogP) is 3.06. The number of likely N-dealkylation sites (tertiary alicyclic amines) is 1. The van der Waals surface area contributed by atoms with Crippen molar-refractivity contribution in [3.63, 3.8) is 0 Å². The van der Waals surface area contributed by atoms with Gasteiger partial charge in [-0.3, -0.25) is 24.0 Å². The quantitative estimate of drug-likeness (QED) is 0.134. The van der Waals surface area contributed by atoms with Crippen LogP contribution in [0, 0.1) is 5.92 Å². The summed E-state index contributed by atoms with van der Waals surface area (Å²) in [6.07, 6.45) is -0.408. The number of anilines is 2. The highest BCUT2D eigenvalue weighted by atomic mass is 16.6. The van der Waals surface area contributed by atoms with Crippen LogP contribution >= 0.6 is 0 Å². The number of hydrogen-bond donors (Lipinski definition) is 5. The first-order valence-corrected chi connectivity index (χ1v) is 16.4. The number of benzene rings is 2. The van der Waals surface area contributed by atoms with Crippen LogP contribution in [0.2, 0.25) is 0 Å². The Morgan fingerprint density at radius 2 is 1.35 bits per heavy atom. The number of nitrogens with one attached hydrogen (secondary N) is 4. The number of carbonyl (C=O) groups is 7. The van der Waals surface area contributed by atoms with E-state index in [1.807, 2.05) is 0 Å². The van der Waals surface area contributed by atoms with Crippen molar-refractivity contribution in [2.75, 3.05) is 36.9 Å². The van der Waals surface area contributed by atoms with E-state index >= 15 is 0 Å². The van der Waals surface area contributed by atoms with Crippen molar-refractivity contribution in [1.82, 2.24) is 15.5 Å². The van der Waals surface area contributed by atoms with E-state index in [2.05, 4.69) is 31.5 Å². The zero-order chi connectivity index (χ0) is 37.6. The summed E-state index contributed by atoms with van der Waals surface area (Å²) in [5, 5.41) is 18.4. The van der Waals surface area contributed by atoms with Gasteiger partial charge in [0.2, 0.25) is 29.5 Å². The Bertz CT molecular complexity index is 1600. The first kappa shape index (κ1) is 39.7. The fourth-order valence-corrected chi connectivity index (χ4v) is 4.81. The van der Waals surface area contributed by atoms with Gasteiger partial charge >= 0.3 is 12.1 Å². The maximum absolute atomic E-state index is 13.0. The van der Waals surface area contributed by atoms with Gasteiger partial charge in [0.05, 0.1) is 37.6 Å². The maximum atomic E-state index is 13.0. The zero-order valence-electron chi connectivity index (χ0n) is 29.0. The van der Waals surface area contributed by atoms with Gasteiger partial charge in [0.25, 0.3) is 0 Å². The van der Waals surface area contributed by atoms with Gasteiger partial charge in [0.15, 0.2) is 0 Å². The number of carbonyl (C=O) groups excluding carboxylic acids is 7. The maximum Gasteiger partial charge on any atom is 0.417 e. The first-order valence-electron chi connectivity index (χ1n) is 16.4. The monoisotopic (exact) mass is 708 g/mol. The normalized spacial score (nSPS) is 15.6. The number of nitrogens with two attached hydrogens (primary N) is 1. The van der Waals surface area contributed by atoms with Gasteiger partial charge in [-0.05, 0) is 95.5 Å². The molecule has 0 aliphatic carbocycles. The second kappa shape index (κ2) is 18.9. The molecule has 1 fully saturated rings. The summed E-state index contributed by atoms with van der Waals surface area (Å²) in [5.74, 6) is -3.80.